The Morgan fingerprint density at radius 1 is 1.24 bits per heavy atom. The van der Waals surface area contributed by atoms with E-state index in [-0.39, 0.29) is 24.2 Å². The SMILES string of the molecule is Cl.O=C(Nc1ccc2c(c1)CNCCO2)C1CCOCC1. The van der Waals surface area contributed by atoms with Gasteiger partial charge in [0.25, 0.3) is 0 Å². The molecule has 1 amide bonds. The number of ether oxygens (including phenoxy) is 2. The van der Waals surface area contributed by atoms with Gasteiger partial charge >= 0.3 is 0 Å². The zero-order chi connectivity index (χ0) is 13.8. The van der Waals surface area contributed by atoms with Crippen LogP contribution in [0, 0.1) is 5.92 Å². The van der Waals surface area contributed by atoms with Gasteiger partial charge in [-0.1, -0.05) is 0 Å². The van der Waals surface area contributed by atoms with Crippen LogP contribution < -0.4 is 15.4 Å². The fourth-order valence-corrected chi connectivity index (χ4v) is 2.60. The van der Waals surface area contributed by atoms with E-state index in [0.717, 1.165) is 42.9 Å². The maximum atomic E-state index is 12.2. The molecular formula is C15H21ClN2O3. The molecule has 0 unspecified atom stereocenters. The van der Waals surface area contributed by atoms with Crippen molar-refractivity contribution in [3.63, 3.8) is 0 Å². The first-order chi connectivity index (χ1) is 9.83. The van der Waals surface area contributed by atoms with Gasteiger partial charge in [0.05, 0.1) is 0 Å². The number of hydrogen-bond donors (Lipinski definition) is 2. The van der Waals surface area contributed by atoms with E-state index < -0.39 is 0 Å². The third-order valence-corrected chi connectivity index (χ3v) is 3.77. The van der Waals surface area contributed by atoms with Gasteiger partial charge in [-0.3, -0.25) is 4.79 Å². The quantitative estimate of drug-likeness (QED) is 0.876. The van der Waals surface area contributed by atoms with Crippen molar-refractivity contribution >= 4 is 24.0 Å². The van der Waals surface area contributed by atoms with E-state index in [0.29, 0.717) is 19.8 Å². The third-order valence-electron chi connectivity index (χ3n) is 3.77. The molecule has 3 rings (SSSR count). The van der Waals surface area contributed by atoms with Gasteiger partial charge in [0, 0.05) is 43.5 Å². The Morgan fingerprint density at radius 2 is 2.05 bits per heavy atom. The number of benzene rings is 1. The standard InChI is InChI=1S/C15H20N2O3.ClH/c18-15(11-3-6-19-7-4-11)17-13-1-2-14-12(9-13)10-16-5-8-20-14;/h1-2,9,11,16H,3-8,10H2,(H,17,18);1H. The Hall–Kier alpha value is -1.30. The van der Waals surface area contributed by atoms with E-state index >= 15 is 0 Å². The molecule has 1 aromatic rings. The maximum absolute atomic E-state index is 12.2. The van der Waals surface area contributed by atoms with Crippen molar-refractivity contribution in [2.24, 2.45) is 5.92 Å². The van der Waals surface area contributed by atoms with Gasteiger partial charge in [-0.25, -0.2) is 0 Å². The number of nitrogens with one attached hydrogen (secondary N) is 2. The Kier molecular flexibility index (Phi) is 5.85. The minimum Gasteiger partial charge on any atom is -0.492 e. The highest BCUT2D eigenvalue weighted by Gasteiger charge is 2.21. The molecule has 2 heterocycles. The van der Waals surface area contributed by atoms with Gasteiger partial charge in [-0.05, 0) is 31.0 Å². The predicted octanol–water partition coefficient (Wildman–Crippen LogP) is 1.96. The van der Waals surface area contributed by atoms with Crippen LogP contribution in [0.4, 0.5) is 5.69 Å². The maximum Gasteiger partial charge on any atom is 0.227 e. The molecule has 0 saturated carbocycles. The number of amides is 1. The van der Waals surface area contributed by atoms with Crippen LogP contribution in [0.2, 0.25) is 0 Å². The summed E-state index contributed by atoms with van der Waals surface area (Å²) in [6.45, 7) is 3.66. The molecule has 2 N–H and O–H groups in total. The van der Waals surface area contributed by atoms with Crippen molar-refractivity contribution in [1.82, 2.24) is 5.32 Å². The summed E-state index contributed by atoms with van der Waals surface area (Å²) in [6.07, 6.45) is 1.61. The highest BCUT2D eigenvalue weighted by Crippen LogP contribution is 2.25. The normalized spacial score (nSPS) is 18.7. The van der Waals surface area contributed by atoms with Crippen LogP contribution in [0.3, 0.4) is 0 Å². The number of anilines is 1. The largest absolute Gasteiger partial charge is 0.492 e. The summed E-state index contributed by atoms with van der Waals surface area (Å²) in [5, 5.41) is 6.30. The topological polar surface area (TPSA) is 59.6 Å². The van der Waals surface area contributed by atoms with Crippen LogP contribution >= 0.6 is 12.4 Å². The molecule has 2 aliphatic rings. The average molecular weight is 313 g/mol. The lowest BCUT2D eigenvalue weighted by Crippen LogP contribution is -2.28. The Morgan fingerprint density at radius 3 is 2.86 bits per heavy atom. The lowest BCUT2D eigenvalue weighted by atomic mass is 9.99. The second kappa shape index (κ2) is 7.64. The number of carbonyl (C=O) groups excluding carboxylic acids is 1. The van der Waals surface area contributed by atoms with Crippen molar-refractivity contribution in [2.75, 3.05) is 31.7 Å². The summed E-state index contributed by atoms with van der Waals surface area (Å²) >= 11 is 0. The zero-order valence-corrected chi connectivity index (χ0v) is 12.7. The van der Waals surface area contributed by atoms with E-state index in [4.69, 9.17) is 9.47 Å². The molecular weight excluding hydrogens is 292 g/mol. The molecule has 0 bridgehead atoms. The predicted molar refractivity (Wildman–Crippen MR) is 83.1 cm³/mol. The van der Waals surface area contributed by atoms with Crippen LogP contribution in [0.1, 0.15) is 18.4 Å². The van der Waals surface area contributed by atoms with E-state index in [1.807, 2.05) is 18.2 Å². The van der Waals surface area contributed by atoms with E-state index in [1.165, 1.54) is 0 Å². The van der Waals surface area contributed by atoms with Crippen LogP contribution in [0.15, 0.2) is 18.2 Å². The fraction of sp³-hybridized carbons (Fsp3) is 0.533. The summed E-state index contributed by atoms with van der Waals surface area (Å²) in [6, 6.07) is 5.83. The second-order valence-electron chi connectivity index (χ2n) is 5.22. The van der Waals surface area contributed by atoms with E-state index in [2.05, 4.69) is 10.6 Å². The Labute approximate surface area is 130 Å². The molecule has 1 fully saturated rings. The molecule has 1 aromatic carbocycles. The van der Waals surface area contributed by atoms with Crippen LogP contribution in [-0.2, 0) is 16.1 Å². The molecule has 116 valence electrons. The molecule has 21 heavy (non-hydrogen) atoms. The van der Waals surface area contributed by atoms with E-state index in [1.54, 1.807) is 0 Å². The summed E-state index contributed by atoms with van der Waals surface area (Å²) in [7, 11) is 0. The molecule has 0 radical (unpaired) electrons. The van der Waals surface area contributed by atoms with Gasteiger partial charge < -0.3 is 20.1 Å². The average Bonchev–Trinajstić information content (AvgIpc) is 2.73. The Balaban J connectivity index is 0.00000161. The summed E-state index contributed by atoms with van der Waals surface area (Å²) in [5.41, 5.74) is 1.93. The lowest BCUT2D eigenvalue weighted by molar-refractivity contribution is -0.122. The van der Waals surface area contributed by atoms with Crippen molar-refractivity contribution in [2.45, 2.75) is 19.4 Å². The molecule has 2 aliphatic heterocycles. The summed E-state index contributed by atoms with van der Waals surface area (Å²) < 4.78 is 10.9. The number of hydrogen-bond acceptors (Lipinski definition) is 4. The minimum atomic E-state index is 0. The van der Waals surface area contributed by atoms with Crippen LogP contribution in [0.5, 0.6) is 5.75 Å². The number of rotatable bonds is 2. The van der Waals surface area contributed by atoms with E-state index in [9.17, 15) is 4.79 Å². The number of fused-ring (bicyclic) bond motifs is 1. The molecule has 1 saturated heterocycles. The first kappa shape index (κ1) is 16.1. The van der Waals surface area contributed by atoms with Gasteiger partial charge in [0.1, 0.15) is 12.4 Å². The number of halogens is 1. The van der Waals surface area contributed by atoms with Gasteiger partial charge in [-0.2, -0.15) is 0 Å². The van der Waals surface area contributed by atoms with Crippen molar-refractivity contribution in [3.05, 3.63) is 23.8 Å². The molecule has 0 spiro atoms. The van der Waals surface area contributed by atoms with Crippen molar-refractivity contribution in [1.29, 1.82) is 0 Å². The number of carbonyl (C=O) groups is 1. The molecule has 6 heteroatoms. The first-order valence-corrected chi connectivity index (χ1v) is 7.18. The van der Waals surface area contributed by atoms with Crippen LogP contribution in [-0.4, -0.2) is 32.3 Å². The Bertz CT molecular complexity index is 490. The summed E-state index contributed by atoms with van der Waals surface area (Å²) in [4.78, 5) is 12.2. The highest BCUT2D eigenvalue weighted by molar-refractivity contribution is 5.92. The monoisotopic (exact) mass is 312 g/mol. The highest BCUT2D eigenvalue weighted by atomic mass is 35.5. The summed E-state index contributed by atoms with van der Waals surface area (Å²) in [5.74, 6) is 1.06. The second-order valence-corrected chi connectivity index (χ2v) is 5.22. The molecule has 0 aliphatic carbocycles. The van der Waals surface area contributed by atoms with Gasteiger partial charge in [0.15, 0.2) is 0 Å². The third kappa shape index (κ3) is 4.09. The van der Waals surface area contributed by atoms with Gasteiger partial charge in [-0.15, -0.1) is 12.4 Å². The fourth-order valence-electron chi connectivity index (χ4n) is 2.60. The zero-order valence-electron chi connectivity index (χ0n) is 11.9. The first-order valence-electron chi connectivity index (χ1n) is 7.18. The van der Waals surface area contributed by atoms with Crippen molar-refractivity contribution in [3.8, 4) is 5.75 Å². The molecule has 0 atom stereocenters. The van der Waals surface area contributed by atoms with Crippen LogP contribution in [0.25, 0.3) is 0 Å². The lowest BCUT2D eigenvalue weighted by Gasteiger charge is -2.21. The molecule has 5 nitrogen and oxygen atoms in total. The van der Waals surface area contributed by atoms with Crippen molar-refractivity contribution < 1.29 is 14.3 Å². The smallest absolute Gasteiger partial charge is 0.227 e. The van der Waals surface area contributed by atoms with Gasteiger partial charge in [0.2, 0.25) is 5.91 Å². The minimum absolute atomic E-state index is 0. The molecule has 0 aromatic heterocycles.